The molecular weight excluding hydrogens is 460 g/mol. The predicted octanol–water partition coefficient (Wildman–Crippen LogP) is 4.87. The van der Waals surface area contributed by atoms with Crippen molar-refractivity contribution in [3.8, 4) is 0 Å². The summed E-state index contributed by atoms with van der Waals surface area (Å²) in [5.74, 6) is -0.598. The summed E-state index contributed by atoms with van der Waals surface area (Å²) in [6.45, 7) is 0.541. The smallest absolute Gasteiger partial charge is 0.261 e. The Morgan fingerprint density at radius 3 is 2.76 bits per heavy atom. The minimum Gasteiger partial charge on any atom is -0.330 e. The van der Waals surface area contributed by atoms with Crippen LogP contribution < -0.4 is 10.9 Å². The lowest BCUT2D eigenvalue weighted by Gasteiger charge is -2.23. The average molecular weight is 479 g/mol. The number of hydrogen-bond acceptors (Lipinski definition) is 5. The number of H-pyrrole nitrogens is 1. The number of carbonyl (C=O) groups is 2. The number of benzene rings is 2. The Balaban J connectivity index is 1.36. The van der Waals surface area contributed by atoms with Gasteiger partial charge >= 0.3 is 0 Å². The van der Waals surface area contributed by atoms with Gasteiger partial charge in [-0.15, -0.1) is 11.3 Å². The molecule has 0 aliphatic carbocycles. The molecule has 2 amide bonds. The number of fused-ring (bicyclic) bond motifs is 1. The van der Waals surface area contributed by atoms with Crippen molar-refractivity contribution in [2.24, 2.45) is 0 Å². The summed E-state index contributed by atoms with van der Waals surface area (Å²) in [6.07, 6.45) is 1.55. The van der Waals surface area contributed by atoms with Crippen LogP contribution in [0.3, 0.4) is 0 Å². The highest BCUT2D eigenvalue weighted by atomic mass is 35.5. The zero-order chi connectivity index (χ0) is 22.9. The number of para-hydroxylation sites is 1. The molecule has 9 heteroatoms. The Hall–Kier alpha value is -3.49. The van der Waals surface area contributed by atoms with Crippen LogP contribution in [0.25, 0.3) is 10.9 Å². The molecule has 0 spiro atoms. The third kappa shape index (κ3) is 4.27. The first kappa shape index (κ1) is 21.4. The van der Waals surface area contributed by atoms with E-state index in [-0.39, 0.29) is 23.4 Å². The van der Waals surface area contributed by atoms with Crippen LogP contribution >= 0.6 is 22.9 Å². The molecule has 0 saturated carbocycles. The number of nitrogens with zero attached hydrogens (tertiary/aromatic N) is 2. The summed E-state index contributed by atoms with van der Waals surface area (Å²) in [4.78, 5) is 47.4. The fourth-order valence-corrected chi connectivity index (χ4v) is 4.92. The van der Waals surface area contributed by atoms with Gasteiger partial charge < -0.3 is 9.88 Å². The van der Waals surface area contributed by atoms with Crippen molar-refractivity contribution in [2.75, 3.05) is 11.9 Å². The number of hydrogen-bond donors (Lipinski definition) is 2. The maximum atomic E-state index is 13.3. The molecule has 2 aromatic carbocycles. The second-order valence-corrected chi connectivity index (χ2v) is 9.09. The average Bonchev–Trinajstić information content (AvgIpc) is 3.48. The number of aromatic amines is 1. The zero-order valence-corrected chi connectivity index (χ0v) is 18.9. The van der Waals surface area contributed by atoms with E-state index in [9.17, 15) is 14.4 Å². The van der Waals surface area contributed by atoms with Gasteiger partial charge in [0.1, 0.15) is 5.56 Å². The molecule has 33 heavy (non-hydrogen) atoms. The molecular formula is C24H19ClN4O3S. The van der Waals surface area contributed by atoms with Crippen LogP contribution in [0.4, 0.5) is 5.13 Å². The highest BCUT2D eigenvalue weighted by molar-refractivity contribution is 7.14. The minimum absolute atomic E-state index is 0.118. The zero-order valence-electron chi connectivity index (χ0n) is 17.4. The topological polar surface area (TPSA) is 95.2 Å². The molecule has 1 atom stereocenters. The third-order valence-corrected chi connectivity index (χ3v) is 6.72. The van der Waals surface area contributed by atoms with E-state index in [1.807, 2.05) is 23.6 Å². The monoisotopic (exact) mass is 478 g/mol. The standard InChI is InChI=1S/C24H19ClN4O3S/c25-16-9-7-14(8-10-16)21(30)28-24-27-19(13-33-24)20-6-3-11-29(20)23(32)17-12-15-4-1-2-5-18(15)26-22(17)31/h1-2,4-5,7-10,12-13,20H,3,6,11H2,(H,26,31)(H,27,28,30). The maximum absolute atomic E-state index is 13.3. The third-order valence-electron chi connectivity index (χ3n) is 5.69. The summed E-state index contributed by atoms with van der Waals surface area (Å²) >= 11 is 7.18. The van der Waals surface area contributed by atoms with Crippen molar-refractivity contribution < 1.29 is 9.59 Å². The van der Waals surface area contributed by atoms with Gasteiger partial charge in [-0.05, 0) is 54.6 Å². The lowest BCUT2D eigenvalue weighted by molar-refractivity contribution is 0.0731. The van der Waals surface area contributed by atoms with Gasteiger partial charge in [0.05, 0.1) is 11.7 Å². The van der Waals surface area contributed by atoms with Gasteiger partial charge in [-0.1, -0.05) is 29.8 Å². The molecule has 1 saturated heterocycles. The van der Waals surface area contributed by atoms with E-state index in [0.717, 1.165) is 18.2 Å². The summed E-state index contributed by atoms with van der Waals surface area (Å²) < 4.78 is 0. The van der Waals surface area contributed by atoms with Gasteiger partial charge in [-0.3, -0.25) is 19.7 Å². The van der Waals surface area contributed by atoms with Crippen molar-refractivity contribution in [1.82, 2.24) is 14.9 Å². The Morgan fingerprint density at radius 1 is 1.15 bits per heavy atom. The van der Waals surface area contributed by atoms with Gasteiger partial charge in [-0.2, -0.15) is 0 Å². The van der Waals surface area contributed by atoms with E-state index in [2.05, 4.69) is 15.3 Å². The van der Waals surface area contributed by atoms with E-state index in [4.69, 9.17) is 11.6 Å². The number of aromatic nitrogens is 2. The molecule has 1 aliphatic heterocycles. The largest absolute Gasteiger partial charge is 0.330 e. The predicted molar refractivity (Wildman–Crippen MR) is 129 cm³/mol. The fraction of sp³-hybridized carbons (Fsp3) is 0.167. The van der Waals surface area contributed by atoms with Gasteiger partial charge in [0.25, 0.3) is 17.4 Å². The number of carbonyl (C=O) groups excluding carboxylic acids is 2. The number of likely N-dealkylation sites (tertiary alicyclic amines) is 1. The number of nitrogens with one attached hydrogen (secondary N) is 2. The molecule has 2 N–H and O–H groups in total. The molecule has 1 unspecified atom stereocenters. The lowest BCUT2D eigenvalue weighted by atomic mass is 10.1. The first-order valence-electron chi connectivity index (χ1n) is 10.4. The summed E-state index contributed by atoms with van der Waals surface area (Å²) in [5, 5.41) is 6.45. The van der Waals surface area contributed by atoms with E-state index >= 15 is 0 Å². The van der Waals surface area contributed by atoms with Gasteiger partial charge in [0.2, 0.25) is 0 Å². The van der Waals surface area contributed by atoms with Gasteiger partial charge in [0.15, 0.2) is 5.13 Å². The van der Waals surface area contributed by atoms with Crippen molar-refractivity contribution >= 4 is 50.8 Å². The number of rotatable bonds is 4. The second kappa shape index (κ2) is 8.80. The lowest BCUT2D eigenvalue weighted by Crippen LogP contribution is -2.34. The van der Waals surface area contributed by atoms with Crippen LogP contribution in [0.1, 0.15) is 45.3 Å². The van der Waals surface area contributed by atoms with Crippen molar-refractivity contribution in [2.45, 2.75) is 18.9 Å². The highest BCUT2D eigenvalue weighted by Crippen LogP contribution is 2.34. The van der Waals surface area contributed by atoms with Crippen LogP contribution in [0, 0.1) is 0 Å². The van der Waals surface area contributed by atoms with Crippen molar-refractivity contribution in [3.63, 3.8) is 0 Å². The molecule has 5 rings (SSSR count). The van der Waals surface area contributed by atoms with E-state index in [0.29, 0.717) is 33.5 Å². The molecule has 7 nitrogen and oxygen atoms in total. The quantitative estimate of drug-likeness (QED) is 0.437. The van der Waals surface area contributed by atoms with Crippen LogP contribution in [0.2, 0.25) is 5.02 Å². The van der Waals surface area contributed by atoms with Crippen LogP contribution in [-0.4, -0.2) is 33.2 Å². The SMILES string of the molecule is O=C(Nc1nc(C2CCCN2C(=O)c2cc3ccccc3[nH]c2=O)cs1)c1ccc(Cl)cc1. The fourth-order valence-electron chi connectivity index (χ4n) is 4.05. The number of pyridine rings is 1. The minimum atomic E-state index is -0.404. The second-order valence-electron chi connectivity index (χ2n) is 7.79. The number of halogens is 1. The molecule has 3 heterocycles. The summed E-state index contributed by atoms with van der Waals surface area (Å²) in [6, 6.07) is 15.4. The Bertz CT molecular complexity index is 1410. The van der Waals surface area contributed by atoms with E-state index in [1.54, 1.807) is 41.3 Å². The highest BCUT2D eigenvalue weighted by Gasteiger charge is 2.33. The molecule has 166 valence electrons. The number of anilines is 1. The summed E-state index contributed by atoms with van der Waals surface area (Å²) in [7, 11) is 0. The molecule has 1 fully saturated rings. The summed E-state index contributed by atoms with van der Waals surface area (Å²) in [5.41, 5.74) is 1.59. The van der Waals surface area contributed by atoms with Crippen LogP contribution in [0.5, 0.6) is 0 Å². The van der Waals surface area contributed by atoms with E-state index < -0.39 is 5.56 Å². The first-order valence-corrected chi connectivity index (χ1v) is 11.7. The maximum Gasteiger partial charge on any atom is 0.261 e. The number of amides is 2. The molecule has 0 radical (unpaired) electrons. The van der Waals surface area contributed by atoms with Crippen molar-refractivity contribution in [3.05, 3.63) is 92.2 Å². The molecule has 0 bridgehead atoms. The molecule has 1 aliphatic rings. The first-order chi connectivity index (χ1) is 16.0. The normalized spacial score (nSPS) is 15.7. The Morgan fingerprint density at radius 2 is 1.94 bits per heavy atom. The van der Waals surface area contributed by atoms with Crippen LogP contribution in [-0.2, 0) is 0 Å². The van der Waals surface area contributed by atoms with E-state index in [1.165, 1.54) is 11.3 Å². The Kier molecular flexibility index (Phi) is 5.70. The Labute approximate surface area is 198 Å². The number of thiazole rings is 1. The molecule has 4 aromatic rings. The van der Waals surface area contributed by atoms with Gasteiger partial charge in [-0.25, -0.2) is 4.98 Å². The van der Waals surface area contributed by atoms with Gasteiger partial charge in [0, 0.05) is 28.0 Å². The molecule has 2 aromatic heterocycles. The van der Waals surface area contributed by atoms with Crippen LogP contribution in [0.15, 0.2) is 64.8 Å². The van der Waals surface area contributed by atoms with Crippen molar-refractivity contribution in [1.29, 1.82) is 0 Å².